The first kappa shape index (κ1) is 14.0. The molecule has 19 heavy (non-hydrogen) atoms. The van der Waals surface area contributed by atoms with E-state index < -0.39 is 0 Å². The summed E-state index contributed by atoms with van der Waals surface area (Å²) in [6.45, 7) is 3.83. The van der Waals surface area contributed by atoms with E-state index in [0.29, 0.717) is 22.3 Å². The zero-order chi connectivity index (χ0) is 13.8. The number of hydrogen-bond donors (Lipinski definition) is 2. The van der Waals surface area contributed by atoms with Gasteiger partial charge in [-0.25, -0.2) is 9.37 Å². The Bertz CT molecular complexity index is 555. The van der Waals surface area contributed by atoms with E-state index in [1.54, 1.807) is 6.07 Å². The molecule has 2 rings (SSSR count). The Morgan fingerprint density at radius 3 is 2.84 bits per heavy atom. The van der Waals surface area contributed by atoms with Crippen LogP contribution in [0.25, 0.3) is 0 Å². The largest absolute Gasteiger partial charge is 0.327 e. The second-order valence-electron chi connectivity index (χ2n) is 4.44. The van der Waals surface area contributed by atoms with Gasteiger partial charge in [0.25, 0.3) is 0 Å². The number of nitrogens with one attached hydrogen (secondary N) is 1. The molecule has 1 aromatic carbocycles. The molecule has 3 N–H and O–H groups in total. The fourth-order valence-electron chi connectivity index (χ4n) is 1.67. The minimum Gasteiger partial charge on any atom is -0.327 e. The molecule has 102 valence electrons. The zero-order valence-electron chi connectivity index (χ0n) is 11.0. The van der Waals surface area contributed by atoms with Gasteiger partial charge in [0.15, 0.2) is 0 Å². The number of nitrogens with two attached hydrogens (primary N) is 1. The van der Waals surface area contributed by atoms with Crippen molar-refractivity contribution in [2.75, 3.05) is 0 Å². The summed E-state index contributed by atoms with van der Waals surface area (Å²) in [6, 6.07) is 5.27. The summed E-state index contributed by atoms with van der Waals surface area (Å²) in [7, 11) is 0. The highest BCUT2D eigenvalue weighted by Crippen LogP contribution is 2.27. The van der Waals surface area contributed by atoms with Crippen LogP contribution in [0.4, 0.5) is 4.39 Å². The second kappa shape index (κ2) is 6.16. The van der Waals surface area contributed by atoms with Gasteiger partial charge in [-0.2, -0.15) is 0 Å². The fourth-order valence-corrected chi connectivity index (χ4v) is 2.43. The van der Waals surface area contributed by atoms with E-state index in [0.717, 1.165) is 12.0 Å². The minimum absolute atomic E-state index is 0.0774. The van der Waals surface area contributed by atoms with Crippen LogP contribution in [0.15, 0.2) is 28.3 Å². The number of aromatic nitrogens is 3. The predicted octanol–water partition coefficient (Wildman–Crippen LogP) is 2.68. The Morgan fingerprint density at radius 2 is 2.26 bits per heavy atom. The molecule has 0 spiro atoms. The highest BCUT2D eigenvalue weighted by Gasteiger charge is 2.10. The summed E-state index contributed by atoms with van der Waals surface area (Å²) >= 11 is 1.21. The molecule has 0 bridgehead atoms. The number of nitrogens with zero attached hydrogens (tertiary/aromatic N) is 2. The second-order valence-corrected chi connectivity index (χ2v) is 5.45. The number of aromatic amines is 1. The lowest BCUT2D eigenvalue weighted by atomic mass is 10.0. The van der Waals surface area contributed by atoms with Gasteiger partial charge < -0.3 is 5.73 Å². The number of rotatable bonds is 5. The Labute approximate surface area is 116 Å². The molecule has 1 aromatic heterocycles. The van der Waals surface area contributed by atoms with E-state index in [4.69, 9.17) is 5.73 Å². The number of halogens is 1. The first-order valence-electron chi connectivity index (χ1n) is 6.19. The third-order valence-corrected chi connectivity index (χ3v) is 3.71. The lowest BCUT2D eigenvalue weighted by Crippen LogP contribution is -2.21. The summed E-state index contributed by atoms with van der Waals surface area (Å²) in [5, 5.41) is 7.23. The molecular weight excluding hydrogens is 263 g/mol. The standard InChI is InChI=1S/C13H17FN4S/c1-3-10(15)6-9-4-5-12(11(14)7-9)19-13-16-8(2)17-18-13/h4-5,7,10H,3,6,15H2,1-2H3,(H,16,17,18). The summed E-state index contributed by atoms with van der Waals surface area (Å²) in [5.41, 5.74) is 6.79. The molecule has 0 radical (unpaired) electrons. The normalized spacial score (nSPS) is 12.6. The maximum Gasteiger partial charge on any atom is 0.213 e. The minimum atomic E-state index is -0.256. The molecule has 0 saturated heterocycles. The average Bonchev–Trinajstić information content (AvgIpc) is 2.78. The molecule has 2 aromatic rings. The van der Waals surface area contributed by atoms with Crippen LogP contribution in [-0.2, 0) is 6.42 Å². The average molecular weight is 280 g/mol. The topological polar surface area (TPSA) is 67.6 Å². The van der Waals surface area contributed by atoms with Crippen molar-refractivity contribution in [3.05, 3.63) is 35.4 Å². The van der Waals surface area contributed by atoms with E-state index in [1.807, 2.05) is 19.9 Å². The van der Waals surface area contributed by atoms with Gasteiger partial charge >= 0.3 is 0 Å². The van der Waals surface area contributed by atoms with Crippen molar-refractivity contribution in [3.63, 3.8) is 0 Å². The Kier molecular flexibility index (Phi) is 4.55. The van der Waals surface area contributed by atoms with E-state index >= 15 is 0 Å². The van der Waals surface area contributed by atoms with Crippen molar-refractivity contribution in [3.8, 4) is 0 Å². The smallest absolute Gasteiger partial charge is 0.213 e. The van der Waals surface area contributed by atoms with Crippen molar-refractivity contribution < 1.29 is 4.39 Å². The maximum absolute atomic E-state index is 14.0. The van der Waals surface area contributed by atoms with Gasteiger partial charge in [0.1, 0.15) is 11.6 Å². The first-order chi connectivity index (χ1) is 9.08. The molecule has 0 amide bonds. The molecule has 1 atom stereocenters. The lowest BCUT2D eigenvalue weighted by molar-refractivity contribution is 0.592. The monoisotopic (exact) mass is 280 g/mol. The summed E-state index contributed by atoms with van der Waals surface area (Å²) in [6.07, 6.45) is 1.58. The SMILES string of the molecule is CCC(N)Cc1ccc(Sc2n[nH]c(C)n2)c(F)c1. The van der Waals surface area contributed by atoms with Crippen molar-refractivity contribution in [2.45, 2.75) is 42.8 Å². The maximum atomic E-state index is 14.0. The Hall–Kier alpha value is -1.40. The van der Waals surface area contributed by atoms with Gasteiger partial charge in [-0.05, 0) is 49.2 Å². The summed E-state index contributed by atoms with van der Waals surface area (Å²) in [4.78, 5) is 4.66. The van der Waals surface area contributed by atoms with E-state index in [2.05, 4.69) is 15.2 Å². The van der Waals surface area contributed by atoms with Crippen LogP contribution in [0.1, 0.15) is 24.7 Å². The van der Waals surface area contributed by atoms with E-state index in [9.17, 15) is 4.39 Å². The third-order valence-electron chi connectivity index (χ3n) is 2.80. The summed E-state index contributed by atoms with van der Waals surface area (Å²) in [5.74, 6) is 0.460. The van der Waals surface area contributed by atoms with E-state index in [-0.39, 0.29) is 11.9 Å². The number of H-pyrrole nitrogens is 1. The van der Waals surface area contributed by atoms with Crippen LogP contribution in [0.3, 0.4) is 0 Å². The molecule has 0 aliphatic carbocycles. The van der Waals surface area contributed by atoms with Crippen molar-refractivity contribution >= 4 is 11.8 Å². The zero-order valence-corrected chi connectivity index (χ0v) is 11.8. The van der Waals surface area contributed by atoms with E-state index in [1.165, 1.54) is 17.8 Å². The molecule has 1 heterocycles. The van der Waals surface area contributed by atoms with Crippen LogP contribution in [0.5, 0.6) is 0 Å². The lowest BCUT2D eigenvalue weighted by Gasteiger charge is -2.09. The van der Waals surface area contributed by atoms with Gasteiger partial charge in [-0.3, -0.25) is 5.10 Å². The molecule has 6 heteroatoms. The van der Waals surface area contributed by atoms with Crippen LogP contribution < -0.4 is 5.73 Å². The van der Waals surface area contributed by atoms with Crippen LogP contribution >= 0.6 is 11.8 Å². The molecule has 4 nitrogen and oxygen atoms in total. The highest BCUT2D eigenvalue weighted by atomic mass is 32.2. The number of hydrogen-bond acceptors (Lipinski definition) is 4. The van der Waals surface area contributed by atoms with Crippen molar-refractivity contribution in [1.82, 2.24) is 15.2 Å². The number of benzene rings is 1. The molecule has 0 fully saturated rings. The first-order valence-corrected chi connectivity index (χ1v) is 7.01. The van der Waals surface area contributed by atoms with Crippen LogP contribution in [-0.4, -0.2) is 21.2 Å². The third kappa shape index (κ3) is 3.78. The predicted molar refractivity (Wildman–Crippen MR) is 73.6 cm³/mol. The van der Waals surface area contributed by atoms with Crippen LogP contribution in [0.2, 0.25) is 0 Å². The van der Waals surface area contributed by atoms with Gasteiger partial charge in [-0.15, -0.1) is 5.10 Å². The van der Waals surface area contributed by atoms with Crippen molar-refractivity contribution in [2.24, 2.45) is 5.73 Å². The molecule has 1 unspecified atom stereocenters. The Morgan fingerprint density at radius 1 is 1.47 bits per heavy atom. The molecular formula is C13H17FN4S. The highest BCUT2D eigenvalue weighted by molar-refractivity contribution is 7.99. The number of aryl methyl sites for hydroxylation is 1. The molecule has 0 saturated carbocycles. The van der Waals surface area contributed by atoms with Gasteiger partial charge in [0.2, 0.25) is 5.16 Å². The molecule has 0 aliphatic heterocycles. The fraction of sp³-hybridized carbons (Fsp3) is 0.385. The summed E-state index contributed by atoms with van der Waals surface area (Å²) < 4.78 is 14.0. The van der Waals surface area contributed by atoms with Crippen molar-refractivity contribution in [1.29, 1.82) is 0 Å². The van der Waals surface area contributed by atoms with Gasteiger partial charge in [-0.1, -0.05) is 13.0 Å². The quantitative estimate of drug-likeness (QED) is 0.883. The van der Waals surface area contributed by atoms with Gasteiger partial charge in [0, 0.05) is 6.04 Å². The Balaban J connectivity index is 2.10. The van der Waals surface area contributed by atoms with Crippen LogP contribution in [0, 0.1) is 12.7 Å². The van der Waals surface area contributed by atoms with Gasteiger partial charge in [0.05, 0.1) is 4.90 Å². The molecule has 0 aliphatic rings.